The Morgan fingerprint density at radius 3 is 0.786 bits per heavy atom. The largest absolute Gasteiger partial charge is 3.00 e. The second-order valence-electron chi connectivity index (χ2n) is 7.75. The van der Waals surface area contributed by atoms with Gasteiger partial charge < -0.3 is 15.3 Å². The smallest absolute Gasteiger partial charge is 0.854 e. The fourth-order valence-corrected chi connectivity index (χ4v) is 2.69. The summed E-state index contributed by atoms with van der Waals surface area (Å²) in [6.07, 6.45) is 13.9. The summed E-state index contributed by atoms with van der Waals surface area (Å²) in [4.78, 5) is 0. The van der Waals surface area contributed by atoms with Crippen molar-refractivity contribution in [2.45, 2.75) is 119 Å². The van der Waals surface area contributed by atoms with E-state index in [4.69, 9.17) is 0 Å². The summed E-state index contributed by atoms with van der Waals surface area (Å²) in [6.45, 7) is 13.1. The number of hydrogen-bond donors (Lipinski definition) is 0. The van der Waals surface area contributed by atoms with Gasteiger partial charge in [0.15, 0.2) is 0 Å². The molecule has 4 heteroatoms. The average Bonchev–Trinajstić information content (AvgIpc) is 2.71. The fourth-order valence-electron chi connectivity index (χ4n) is 2.69. The van der Waals surface area contributed by atoms with Crippen LogP contribution in [0.3, 0.4) is 0 Å². The standard InChI is InChI=1S/3C8H17O.Bi/c3*1-3-5-6-8(4-2)7-9;/h3*8H,3-7H2,1-2H3;/q3*-1;+3. The van der Waals surface area contributed by atoms with Crippen molar-refractivity contribution in [3.63, 3.8) is 0 Å². The Labute approximate surface area is 197 Å². The van der Waals surface area contributed by atoms with Crippen LogP contribution in [0.1, 0.15) is 119 Å². The third-order valence-corrected chi connectivity index (χ3v) is 5.34. The van der Waals surface area contributed by atoms with E-state index in [0.29, 0.717) is 17.8 Å². The Morgan fingerprint density at radius 1 is 0.464 bits per heavy atom. The Kier molecular flexibility index (Phi) is 41.9. The van der Waals surface area contributed by atoms with Crippen LogP contribution >= 0.6 is 0 Å². The molecule has 0 aliphatic carbocycles. The summed E-state index contributed by atoms with van der Waals surface area (Å²) in [5.41, 5.74) is 0. The number of rotatable bonds is 15. The molecule has 0 aromatic rings. The van der Waals surface area contributed by atoms with Gasteiger partial charge in [-0.1, -0.05) is 136 Å². The molecule has 3 atom stereocenters. The van der Waals surface area contributed by atoms with E-state index in [-0.39, 0.29) is 46.0 Å². The van der Waals surface area contributed by atoms with Crippen LogP contribution in [0.15, 0.2) is 0 Å². The molecule has 0 aromatic carbocycles. The van der Waals surface area contributed by atoms with E-state index in [1.165, 1.54) is 38.5 Å². The first-order chi connectivity index (χ1) is 13.0. The summed E-state index contributed by atoms with van der Waals surface area (Å²) >= 11 is 0. The van der Waals surface area contributed by atoms with Crippen LogP contribution < -0.4 is 15.3 Å². The molecule has 28 heavy (non-hydrogen) atoms. The molecule has 0 saturated heterocycles. The molecular formula is C24H51BiO3. The van der Waals surface area contributed by atoms with Gasteiger partial charge in [-0.2, -0.15) is 0 Å². The van der Waals surface area contributed by atoms with Crippen molar-refractivity contribution < 1.29 is 15.3 Å². The van der Waals surface area contributed by atoms with Crippen molar-refractivity contribution in [2.75, 3.05) is 19.8 Å². The van der Waals surface area contributed by atoms with Crippen LogP contribution in [-0.4, -0.2) is 46.0 Å². The van der Waals surface area contributed by atoms with Gasteiger partial charge in [-0.15, -0.1) is 19.8 Å². The van der Waals surface area contributed by atoms with Crippen molar-refractivity contribution in [3.05, 3.63) is 0 Å². The first kappa shape index (κ1) is 36.2. The third-order valence-electron chi connectivity index (χ3n) is 5.34. The molecule has 0 aliphatic heterocycles. The Hall–Kier alpha value is 0.763. The minimum absolute atomic E-state index is 0. The Bertz CT molecular complexity index is 190. The predicted octanol–water partition coefficient (Wildman–Crippen LogP) is 4.31. The van der Waals surface area contributed by atoms with Crippen molar-refractivity contribution in [1.29, 1.82) is 0 Å². The Balaban J connectivity index is -0.000000152. The SMILES string of the molecule is CCCCC(CC)C[O-].CCCCC(CC)C[O-].CCCCC(CC)C[O-].[Bi+3]. The van der Waals surface area contributed by atoms with Gasteiger partial charge in [0, 0.05) is 0 Å². The van der Waals surface area contributed by atoms with Crippen molar-refractivity contribution in [3.8, 4) is 0 Å². The van der Waals surface area contributed by atoms with Crippen LogP contribution in [0, 0.1) is 17.8 Å². The van der Waals surface area contributed by atoms with Gasteiger partial charge in [-0.05, 0) is 0 Å². The molecule has 0 fully saturated rings. The number of hydrogen-bond acceptors (Lipinski definition) is 3. The molecular weight excluding hydrogens is 545 g/mol. The van der Waals surface area contributed by atoms with Crippen LogP contribution in [0.25, 0.3) is 0 Å². The van der Waals surface area contributed by atoms with E-state index >= 15 is 0 Å². The van der Waals surface area contributed by atoms with Gasteiger partial charge in [0.1, 0.15) is 0 Å². The molecule has 0 aromatic heterocycles. The maximum atomic E-state index is 10.4. The second-order valence-corrected chi connectivity index (χ2v) is 7.75. The molecule has 3 nitrogen and oxygen atoms in total. The molecule has 0 heterocycles. The summed E-state index contributed by atoms with van der Waals surface area (Å²) in [5, 5.41) is 31.1. The minimum Gasteiger partial charge on any atom is -0.854 e. The molecule has 3 unspecified atom stereocenters. The van der Waals surface area contributed by atoms with Gasteiger partial charge in [-0.3, -0.25) is 0 Å². The molecule has 0 rings (SSSR count). The van der Waals surface area contributed by atoms with E-state index in [1.54, 1.807) is 0 Å². The summed E-state index contributed by atoms with van der Waals surface area (Å²) in [7, 11) is 0. The molecule has 170 valence electrons. The van der Waals surface area contributed by atoms with Crippen LogP contribution in [0.5, 0.6) is 0 Å². The zero-order chi connectivity index (χ0) is 21.3. The zero-order valence-corrected chi connectivity index (χ0v) is 23.5. The van der Waals surface area contributed by atoms with E-state index in [2.05, 4.69) is 41.5 Å². The van der Waals surface area contributed by atoms with E-state index in [1.807, 2.05) is 0 Å². The molecule has 0 amide bonds. The summed E-state index contributed by atoms with van der Waals surface area (Å²) in [6, 6.07) is 0. The van der Waals surface area contributed by atoms with Crippen LogP contribution in [0.4, 0.5) is 0 Å². The molecule has 0 aliphatic rings. The van der Waals surface area contributed by atoms with Gasteiger partial charge >= 0.3 is 26.2 Å². The molecule has 0 spiro atoms. The zero-order valence-electron chi connectivity index (χ0n) is 20.0. The second kappa shape index (κ2) is 32.4. The minimum atomic E-state index is 0. The molecule has 0 bridgehead atoms. The average molecular weight is 597 g/mol. The summed E-state index contributed by atoms with van der Waals surface area (Å²) < 4.78 is 0. The van der Waals surface area contributed by atoms with Gasteiger partial charge in [0.2, 0.25) is 0 Å². The van der Waals surface area contributed by atoms with Crippen LogP contribution in [0.2, 0.25) is 0 Å². The topological polar surface area (TPSA) is 69.2 Å². The first-order valence-electron chi connectivity index (χ1n) is 11.8. The van der Waals surface area contributed by atoms with E-state index < -0.39 is 0 Å². The van der Waals surface area contributed by atoms with E-state index in [9.17, 15) is 15.3 Å². The van der Waals surface area contributed by atoms with Crippen molar-refractivity contribution >= 4 is 26.2 Å². The normalized spacial score (nSPS) is 13.2. The van der Waals surface area contributed by atoms with Gasteiger partial charge in [-0.25, -0.2) is 0 Å². The van der Waals surface area contributed by atoms with Crippen LogP contribution in [-0.2, 0) is 0 Å². The van der Waals surface area contributed by atoms with Gasteiger partial charge in [0.25, 0.3) is 0 Å². The van der Waals surface area contributed by atoms with Crippen molar-refractivity contribution in [2.24, 2.45) is 17.8 Å². The van der Waals surface area contributed by atoms with Gasteiger partial charge in [0.05, 0.1) is 0 Å². The maximum absolute atomic E-state index is 10.4. The molecule has 2 radical (unpaired) electrons. The predicted molar refractivity (Wildman–Crippen MR) is 120 cm³/mol. The molecule has 0 saturated carbocycles. The first-order valence-corrected chi connectivity index (χ1v) is 11.8. The van der Waals surface area contributed by atoms with Crippen molar-refractivity contribution in [1.82, 2.24) is 0 Å². The molecule has 0 N–H and O–H groups in total. The third kappa shape index (κ3) is 29.0. The quantitative estimate of drug-likeness (QED) is 0.265. The summed E-state index contributed by atoms with van der Waals surface area (Å²) in [5.74, 6) is 1.35. The Morgan fingerprint density at radius 2 is 0.679 bits per heavy atom. The monoisotopic (exact) mass is 596 g/mol. The van der Waals surface area contributed by atoms with E-state index in [0.717, 1.165) is 38.5 Å². The fraction of sp³-hybridized carbons (Fsp3) is 1.00. The number of unbranched alkanes of at least 4 members (excludes halogenated alkanes) is 3. The maximum Gasteiger partial charge on any atom is 3.00 e.